The Labute approximate surface area is 147 Å². The van der Waals surface area contributed by atoms with E-state index >= 15 is 0 Å². The van der Waals surface area contributed by atoms with Crippen LogP contribution in [-0.4, -0.2) is 6.61 Å². The lowest BCUT2D eigenvalue weighted by atomic mass is 10.0. The Bertz CT molecular complexity index is 937. The van der Waals surface area contributed by atoms with Crippen LogP contribution in [0, 0.1) is 6.92 Å². The van der Waals surface area contributed by atoms with E-state index in [9.17, 15) is 4.79 Å². The molecule has 0 aliphatic heterocycles. The van der Waals surface area contributed by atoms with E-state index in [1.165, 1.54) is 0 Å². The van der Waals surface area contributed by atoms with Gasteiger partial charge in [-0.2, -0.15) is 0 Å². The van der Waals surface area contributed by atoms with Gasteiger partial charge in [0, 0.05) is 6.07 Å². The molecule has 0 N–H and O–H groups in total. The molecule has 0 bridgehead atoms. The molecule has 0 spiro atoms. The molecule has 3 rings (SSSR count). The number of fused-ring (bicyclic) bond motifs is 1. The summed E-state index contributed by atoms with van der Waals surface area (Å²) in [7, 11) is 0. The monoisotopic (exact) mass is 334 g/mol. The smallest absolute Gasteiger partial charge is 0.336 e. The van der Waals surface area contributed by atoms with Crippen molar-refractivity contribution in [3.05, 3.63) is 81.7 Å². The third-order valence-corrected chi connectivity index (χ3v) is 4.00. The number of rotatable bonds is 6. The lowest BCUT2D eigenvalue weighted by Crippen LogP contribution is -2.03. The second kappa shape index (κ2) is 7.84. The highest BCUT2D eigenvalue weighted by molar-refractivity contribution is 5.87. The molecule has 0 saturated carbocycles. The summed E-state index contributed by atoms with van der Waals surface area (Å²) in [5.41, 5.74) is 3.41. The zero-order valence-electron chi connectivity index (χ0n) is 14.6. The topological polar surface area (TPSA) is 39.4 Å². The molecule has 2 aromatic carbocycles. The van der Waals surface area contributed by atoms with Crippen molar-refractivity contribution in [2.24, 2.45) is 0 Å². The number of hydrogen-bond donors (Lipinski definition) is 0. The maximum Gasteiger partial charge on any atom is 0.336 e. The molecule has 0 unspecified atom stereocenters. The van der Waals surface area contributed by atoms with Crippen LogP contribution in [0.1, 0.15) is 30.0 Å². The minimum absolute atomic E-state index is 0.309. The molecule has 25 heavy (non-hydrogen) atoms. The van der Waals surface area contributed by atoms with Crippen molar-refractivity contribution in [1.29, 1.82) is 0 Å². The maximum absolute atomic E-state index is 11.8. The first-order valence-corrected chi connectivity index (χ1v) is 8.59. The van der Waals surface area contributed by atoms with Crippen LogP contribution in [0.2, 0.25) is 0 Å². The average Bonchev–Trinajstić information content (AvgIpc) is 2.59. The summed E-state index contributed by atoms with van der Waals surface area (Å²) < 4.78 is 11.4. The van der Waals surface area contributed by atoms with Crippen LogP contribution in [0.4, 0.5) is 0 Å². The molecule has 0 amide bonds. The molecule has 0 radical (unpaired) electrons. The van der Waals surface area contributed by atoms with Crippen LogP contribution in [-0.2, 0) is 6.42 Å². The summed E-state index contributed by atoms with van der Waals surface area (Å²) in [5.74, 6) is 0.764. The molecule has 0 fully saturated rings. The van der Waals surface area contributed by atoms with Crippen molar-refractivity contribution in [3.8, 4) is 5.75 Å². The highest BCUT2D eigenvalue weighted by atomic mass is 16.5. The fourth-order valence-corrected chi connectivity index (χ4v) is 2.94. The van der Waals surface area contributed by atoms with Gasteiger partial charge in [-0.3, -0.25) is 0 Å². The third kappa shape index (κ3) is 4.18. The standard InChI is InChI=1S/C22H22O3/c1-3-8-18-15-21(23)25-20-14-16(2)13-19(22(18)20)24-12-7-11-17-9-5-4-6-10-17/h4-7,9-11,13-15H,3,8,12H2,1-2H3/b11-7+. The number of ether oxygens (including phenoxy) is 1. The van der Waals surface area contributed by atoms with E-state index in [4.69, 9.17) is 9.15 Å². The van der Waals surface area contributed by atoms with Gasteiger partial charge in [0.25, 0.3) is 0 Å². The van der Waals surface area contributed by atoms with Crippen LogP contribution in [0.25, 0.3) is 17.0 Å². The van der Waals surface area contributed by atoms with Crippen LogP contribution in [0.15, 0.2) is 63.8 Å². The van der Waals surface area contributed by atoms with Crippen LogP contribution < -0.4 is 10.4 Å². The summed E-state index contributed by atoms with van der Waals surface area (Å²) in [6.45, 7) is 4.52. The predicted octanol–water partition coefficient (Wildman–Crippen LogP) is 5.15. The summed E-state index contributed by atoms with van der Waals surface area (Å²) in [4.78, 5) is 11.8. The molecule has 3 heteroatoms. The Morgan fingerprint density at radius 1 is 1.12 bits per heavy atom. The van der Waals surface area contributed by atoms with Gasteiger partial charge in [-0.1, -0.05) is 49.8 Å². The molecule has 0 saturated heterocycles. The molecular weight excluding hydrogens is 312 g/mol. The van der Waals surface area contributed by atoms with Crippen molar-refractivity contribution in [2.45, 2.75) is 26.7 Å². The Balaban J connectivity index is 1.89. The van der Waals surface area contributed by atoms with Crippen molar-refractivity contribution in [1.82, 2.24) is 0 Å². The van der Waals surface area contributed by atoms with E-state index in [-0.39, 0.29) is 5.63 Å². The normalized spacial score (nSPS) is 11.3. The quantitative estimate of drug-likeness (QED) is 0.586. The maximum atomic E-state index is 11.8. The van der Waals surface area contributed by atoms with E-state index < -0.39 is 0 Å². The van der Waals surface area contributed by atoms with Crippen LogP contribution in [0.3, 0.4) is 0 Å². The highest BCUT2D eigenvalue weighted by Crippen LogP contribution is 2.30. The Hall–Kier alpha value is -2.81. The largest absolute Gasteiger partial charge is 0.489 e. The second-order valence-electron chi connectivity index (χ2n) is 6.10. The van der Waals surface area contributed by atoms with E-state index in [1.807, 2.05) is 61.5 Å². The molecule has 0 aliphatic rings. The Morgan fingerprint density at radius 2 is 1.92 bits per heavy atom. The van der Waals surface area contributed by atoms with Crippen molar-refractivity contribution < 1.29 is 9.15 Å². The third-order valence-electron chi connectivity index (χ3n) is 4.00. The lowest BCUT2D eigenvalue weighted by molar-refractivity contribution is 0.367. The van der Waals surface area contributed by atoms with E-state index in [0.717, 1.165) is 40.7 Å². The van der Waals surface area contributed by atoms with Gasteiger partial charge in [-0.05, 0) is 48.2 Å². The van der Waals surface area contributed by atoms with Gasteiger partial charge in [0.15, 0.2) is 0 Å². The predicted molar refractivity (Wildman–Crippen MR) is 102 cm³/mol. The van der Waals surface area contributed by atoms with Gasteiger partial charge >= 0.3 is 5.63 Å². The molecule has 0 aliphatic carbocycles. The zero-order valence-corrected chi connectivity index (χ0v) is 14.6. The minimum atomic E-state index is -0.309. The number of aryl methyl sites for hydroxylation is 2. The van der Waals surface area contributed by atoms with Gasteiger partial charge in [0.2, 0.25) is 0 Å². The Kier molecular flexibility index (Phi) is 5.34. The first kappa shape index (κ1) is 17.0. The fraction of sp³-hybridized carbons (Fsp3) is 0.227. The molecule has 3 nitrogen and oxygen atoms in total. The van der Waals surface area contributed by atoms with Crippen LogP contribution >= 0.6 is 0 Å². The zero-order chi connectivity index (χ0) is 17.6. The summed E-state index contributed by atoms with van der Waals surface area (Å²) >= 11 is 0. The van der Waals surface area contributed by atoms with Gasteiger partial charge in [0.1, 0.15) is 17.9 Å². The van der Waals surface area contributed by atoms with E-state index in [0.29, 0.717) is 12.2 Å². The van der Waals surface area contributed by atoms with Crippen molar-refractivity contribution in [3.63, 3.8) is 0 Å². The molecule has 128 valence electrons. The van der Waals surface area contributed by atoms with Crippen LogP contribution in [0.5, 0.6) is 5.75 Å². The molecule has 1 heterocycles. The van der Waals surface area contributed by atoms with Gasteiger partial charge < -0.3 is 9.15 Å². The lowest BCUT2D eigenvalue weighted by Gasteiger charge is -2.12. The van der Waals surface area contributed by atoms with Crippen molar-refractivity contribution >= 4 is 17.0 Å². The molecule has 3 aromatic rings. The summed E-state index contributed by atoms with van der Waals surface area (Å²) in [5, 5.41) is 0.903. The summed E-state index contributed by atoms with van der Waals surface area (Å²) in [6.07, 6.45) is 5.80. The van der Waals surface area contributed by atoms with Gasteiger partial charge in [-0.15, -0.1) is 0 Å². The van der Waals surface area contributed by atoms with Gasteiger partial charge in [-0.25, -0.2) is 4.79 Å². The highest BCUT2D eigenvalue weighted by Gasteiger charge is 2.12. The molecule has 1 aromatic heterocycles. The average molecular weight is 334 g/mol. The van der Waals surface area contributed by atoms with E-state index in [2.05, 4.69) is 6.92 Å². The fourth-order valence-electron chi connectivity index (χ4n) is 2.94. The molecule has 0 atom stereocenters. The first-order valence-electron chi connectivity index (χ1n) is 8.59. The summed E-state index contributed by atoms with van der Waals surface area (Å²) in [6, 6.07) is 15.6. The van der Waals surface area contributed by atoms with Gasteiger partial charge in [0.05, 0.1) is 5.39 Å². The second-order valence-corrected chi connectivity index (χ2v) is 6.10. The number of benzene rings is 2. The first-order chi connectivity index (χ1) is 12.2. The SMILES string of the molecule is CCCc1cc(=O)oc2cc(C)cc(OC/C=C/c3ccccc3)c12. The van der Waals surface area contributed by atoms with E-state index in [1.54, 1.807) is 6.07 Å². The van der Waals surface area contributed by atoms with Crippen molar-refractivity contribution in [2.75, 3.05) is 6.61 Å². The number of hydrogen-bond acceptors (Lipinski definition) is 3. The Morgan fingerprint density at radius 3 is 2.68 bits per heavy atom. The molecular formula is C22H22O3. The minimum Gasteiger partial charge on any atom is -0.489 e.